The topological polar surface area (TPSA) is 73.1 Å². The van der Waals surface area contributed by atoms with Crippen molar-refractivity contribution in [1.82, 2.24) is 24.6 Å². The quantitative estimate of drug-likeness (QED) is 0.785. The molecule has 0 bridgehead atoms. The van der Waals surface area contributed by atoms with E-state index in [0.29, 0.717) is 26.2 Å². The van der Waals surface area contributed by atoms with Crippen LogP contribution in [0.25, 0.3) is 0 Å². The molecule has 7 heteroatoms. The average Bonchev–Trinajstić information content (AvgIpc) is 2.98. The number of hydrogen-bond donors (Lipinski definition) is 0. The molecule has 0 radical (unpaired) electrons. The Labute approximate surface area is 154 Å². The van der Waals surface area contributed by atoms with Crippen LogP contribution in [-0.4, -0.2) is 56.4 Å². The molecule has 1 aliphatic rings. The maximum atomic E-state index is 12.8. The second-order valence-electron chi connectivity index (χ2n) is 6.82. The Morgan fingerprint density at radius 1 is 1.27 bits per heavy atom. The molecule has 140 valence electrons. The summed E-state index contributed by atoms with van der Waals surface area (Å²) in [7, 11) is 1.92. The van der Waals surface area contributed by atoms with Crippen LogP contribution in [0.3, 0.4) is 0 Å². The van der Waals surface area contributed by atoms with Gasteiger partial charge in [-0.15, -0.1) is 0 Å². The van der Waals surface area contributed by atoms with E-state index in [2.05, 4.69) is 15.1 Å². The molecule has 0 saturated carbocycles. The van der Waals surface area contributed by atoms with Crippen molar-refractivity contribution in [3.05, 3.63) is 41.2 Å². The van der Waals surface area contributed by atoms with Crippen LogP contribution in [0.4, 0.5) is 0 Å². The SMILES string of the molecule is Cc1nccnc1CCC1COCCN1C(=O)CCc1cnn(C)c1C. The maximum absolute atomic E-state index is 12.8. The van der Waals surface area contributed by atoms with Crippen LogP contribution in [0.2, 0.25) is 0 Å². The van der Waals surface area contributed by atoms with Crippen LogP contribution in [-0.2, 0) is 29.4 Å². The normalized spacial score (nSPS) is 17.5. The summed E-state index contributed by atoms with van der Waals surface area (Å²) in [6.07, 6.45) is 8.17. The second kappa shape index (κ2) is 8.40. The molecule has 1 fully saturated rings. The standard InChI is InChI=1S/C19H27N5O2/c1-14-18(21-9-8-20-14)6-5-17-13-26-11-10-24(17)19(25)7-4-16-12-22-23(3)15(16)2/h8-9,12,17H,4-7,10-11,13H2,1-3H3. The van der Waals surface area contributed by atoms with E-state index in [0.717, 1.165) is 41.9 Å². The zero-order chi connectivity index (χ0) is 18.5. The molecule has 1 atom stereocenters. The minimum atomic E-state index is 0.104. The number of aryl methyl sites for hydroxylation is 4. The third-order valence-electron chi connectivity index (χ3n) is 5.19. The lowest BCUT2D eigenvalue weighted by molar-refractivity contribution is -0.140. The van der Waals surface area contributed by atoms with E-state index in [9.17, 15) is 4.79 Å². The number of nitrogens with zero attached hydrogens (tertiary/aromatic N) is 5. The number of hydrogen-bond acceptors (Lipinski definition) is 5. The van der Waals surface area contributed by atoms with Crippen LogP contribution >= 0.6 is 0 Å². The van der Waals surface area contributed by atoms with Gasteiger partial charge in [0.25, 0.3) is 0 Å². The van der Waals surface area contributed by atoms with Gasteiger partial charge in [-0.05, 0) is 38.7 Å². The van der Waals surface area contributed by atoms with Crippen molar-refractivity contribution < 1.29 is 9.53 Å². The molecule has 1 amide bonds. The van der Waals surface area contributed by atoms with Crippen LogP contribution in [0.5, 0.6) is 0 Å². The third kappa shape index (κ3) is 4.27. The van der Waals surface area contributed by atoms with E-state index in [-0.39, 0.29) is 11.9 Å². The number of ether oxygens (including phenoxy) is 1. The summed E-state index contributed by atoms with van der Waals surface area (Å²) in [4.78, 5) is 23.5. The molecule has 2 aromatic heterocycles. The molecule has 1 unspecified atom stereocenters. The summed E-state index contributed by atoms with van der Waals surface area (Å²) in [6, 6.07) is 0.104. The zero-order valence-electron chi connectivity index (χ0n) is 15.8. The van der Waals surface area contributed by atoms with E-state index in [1.54, 1.807) is 12.4 Å². The van der Waals surface area contributed by atoms with Crippen LogP contribution in [0.15, 0.2) is 18.6 Å². The van der Waals surface area contributed by atoms with Gasteiger partial charge in [0.05, 0.1) is 36.8 Å². The minimum absolute atomic E-state index is 0.104. The molecule has 1 saturated heterocycles. The fraction of sp³-hybridized carbons (Fsp3) is 0.579. The van der Waals surface area contributed by atoms with Crippen LogP contribution < -0.4 is 0 Å². The number of carbonyl (C=O) groups excluding carboxylic acids is 1. The highest BCUT2D eigenvalue weighted by atomic mass is 16.5. The van der Waals surface area contributed by atoms with E-state index in [1.165, 1.54) is 0 Å². The van der Waals surface area contributed by atoms with Crippen LogP contribution in [0.1, 0.15) is 35.5 Å². The van der Waals surface area contributed by atoms with E-state index in [4.69, 9.17) is 4.74 Å². The predicted octanol–water partition coefficient (Wildman–Crippen LogP) is 1.62. The summed E-state index contributed by atoms with van der Waals surface area (Å²) < 4.78 is 7.47. The Morgan fingerprint density at radius 3 is 2.81 bits per heavy atom. The molecule has 1 aliphatic heterocycles. The molecule has 3 rings (SSSR count). The van der Waals surface area contributed by atoms with Gasteiger partial charge in [0.1, 0.15) is 0 Å². The lowest BCUT2D eigenvalue weighted by Crippen LogP contribution is -2.49. The summed E-state index contributed by atoms with van der Waals surface area (Å²) in [5, 5.41) is 4.25. The van der Waals surface area contributed by atoms with Crippen molar-refractivity contribution in [1.29, 1.82) is 0 Å². The monoisotopic (exact) mass is 357 g/mol. The lowest BCUT2D eigenvalue weighted by atomic mass is 10.0. The lowest BCUT2D eigenvalue weighted by Gasteiger charge is -2.36. The van der Waals surface area contributed by atoms with Crippen molar-refractivity contribution in [3.8, 4) is 0 Å². The van der Waals surface area contributed by atoms with Crippen molar-refractivity contribution in [2.24, 2.45) is 7.05 Å². The molecular formula is C19H27N5O2. The Kier molecular flexibility index (Phi) is 5.98. The smallest absolute Gasteiger partial charge is 0.223 e. The minimum Gasteiger partial charge on any atom is -0.377 e. The van der Waals surface area contributed by atoms with E-state index >= 15 is 0 Å². The summed E-state index contributed by atoms with van der Waals surface area (Å²) in [5.74, 6) is 0.192. The molecule has 0 N–H and O–H groups in total. The molecular weight excluding hydrogens is 330 g/mol. The molecule has 0 aliphatic carbocycles. The van der Waals surface area contributed by atoms with E-state index < -0.39 is 0 Å². The van der Waals surface area contributed by atoms with Gasteiger partial charge in [0, 0.05) is 38.1 Å². The number of carbonyl (C=O) groups is 1. The third-order valence-corrected chi connectivity index (χ3v) is 5.19. The van der Waals surface area contributed by atoms with Crippen LogP contribution in [0, 0.1) is 13.8 Å². The zero-order valence-corrected chi connectivity index (χ0v) is 15.8. The molecule has 3 heterocycles. The molecule has 0 spiro atoms. The number of morpholine rings is 1. The van der Waals surface area contributed by atoms with Gasteiger partial charge in [-0.1, -0.05) is 0 Å². The second-order valence-corrected chi connectivity index (χ2v) is 6.82. The first-order chi connectivity index (χ1) is 12.6. The van der Waals surface area contributed by atoms with Gasteiger partial charge in [0.2, 0.25) is 5.91 Å². The number of rotatable bonds is 6. The van der Waals surface area contributed by atoms with Gasteiger partial charge in [0.15, 0.2) is 0 Å². The molecule has 26 heavy (non-hydrogen) atoms. The fourth-order valence-electron chi connectivity index (χ4n) is 3.38. The first kappa shape index (κ1) is 18.5. The van der Waals surface area contributed by atoms with Crippen molar-refractivity contribution >= 4 is 5.91 Å². The Bertz CT molecular complexity index is 758. The average molecular weight is 357 g/mol. The van der Waals surface area contributed by atoms with Gasteiger partial charge in [-0.3, -0.25) is 19.4 Å². The molecule has 7 nitrogen and oxygen atoms in total. The van der Waals surface area contributed by atoms with Crippen molar-refractivity contribution in [3.63, 3.8) is 0 Å². The highest BCUT2D eigenvalue weighted by Crippen LogP contribution is 2.17. The van der Waals surface area contributed by atoms with Gasteiger partial charge in [-0.2, -0.15) is 5.10 Å². The van der Waals surface area contributed by atoms with E-state index in [1.807, 2.05) is 36.7 Å². The number of amides is 1. The Morgan fingerprint density at radius 2 is 2.08 bits per heavy atom. The Balaban J connectivity index is 1.58. The van der Waals surface area contributed by atoms with Gasteiger partial charge in [-0.25, -0.2) is 0 Å². The first-order valence-electron chi connectivity index (χ1n) is 9.17. The Hall–Kier alpha value is -2.28. The van der Waals surface area contributed by atoms with Gasteiger partial charge >= 0.3 is 0 Å². The molecule has 0 aromatic carbocycles. The summed E-state index contributed by atoms with van der Waals surface area (Å²) in [5.41, 5.74) is 4.21. The predicted molar refractivity (Wildman–Crippen MR) is 97.7 cm³/mol. The van der Waals surface area contributed by atoms with Crippen molar-refractivity contribution in [2.45, 2.75) is 45.6 Å². The largest absolute Gasteiger partial charge is 0.377 e. The fourth-order valence-corrected chi connectivity index (χ4v) is 3.38. The highest BCUT2D eigenvalue weighted by molar-refractivity contribution is 5.77. The summed E-state index contributed by atoms with van der Waals surface area (Å²) in [6.45, 7) is 5.87. The first-order valence-corrected chi connectivity index (χ1v) is 9.17. The highest BCUT2D eigenvalue weighted by Gasteiger charge is 2.27. The molecule has 2 aromatic rings. The van der Waals surface area contributed by atoms with Crippen molar-refractivity contribution in [2.75, 3.05) is 19.8 Å². The van der Waals surface area contributed by atoms with Gasteiger partial charge < -0.3 is 9.64 Å². The summed E-state index contributed by atoms with van der Waals surface area (Å²) >= 11 is 0. The maximum Gasteiger partial charge on any atom is 0.223 e. The number of aromatic nitrogens is 4.